The van der Waals surface area contributed by atoms with Crippen molar-refractivity contribution in [2.75, 3.05) is 12.0 Å². The fourth-order valence-electron chi connectivity index (χ4n) is 3.22. The highest BCUT2D eigenvalue weighted by Crippen LogP contribution is 2.26. The van der Waals surface area contributed by atoms with Gasteiger partial charge < -0.3 is 14.7 Å². The summed E-state index contributed by atoms with van der Waals surface area (Å²) in [5.74, 6) is -0.104. The zero-order valence-corrected chi connectivity index (χ0v) is 16.5. The standard InChI is InChI=1S/C23H22N2O5/c1-30-22-5-3-2-4-19(22)16-24(15-18-8-12-21(13-9-18)25(28)29)20-10-6-17(7-11-20)14-23(26)27/h2-13H,14-16H2,1H3,(H,26,27). The average molecular weight is 406 g/mol. The monoisotopic (exact) mass is 406 g/mol. The highest BCUT2D eigenvalue weighted by molar-refractivity contribution is 5.70. The maximum absolute atomic E-state index is 10.9. The lowest BCUT2D eigenvalue weighted by molar-refractivity contribution is -0.384. The van der Waals surface area contributed by atoms with Crippen LogP contribution in [0.25, 0.3) is 0 Å². The minimum Gasteiger partial charge on any atom is -0.496 e. The van der Waals surface area contributed by atoms with E-state index in [2.05, 4.69) is 4.90 Å². The Morgan fingerprint density at radius 3 is 2.20 bits per heavy atom. The Labute approximate surface area is 174 Å². The number of aliphatic carboxylic acids is 1. The van der Waals surface area contributed by atoms with Crippen LogP contribution < -0.4 is 9.64 Å². The fourth-order valence-corrected chi connectivity index (χ4v) is 3.22. The molecule has 0 aliphatic rings. The molecular weight excluding hydrogens is 384 g/mol. The first-order chi connectivity index (χ1) is 14.5. The van der Waals surface area contributed by atoms with Crippen molar-refractivity contribution in [1.29, 1.82) is 0 Å². The number of methoxy groups -OCH3 is 1. The van der Waals surface area contributed by atoms with Crippen LogP contribution in [0.2, 0.25) is 0 Å². The van der Waals surface area contributed by atoms with E-state index in [1.165, 1.54) is 12.1 Å². The van der Waals surface area contributed by atoms with Crippen molar-refractivity contribution >= 4 is 17.3 Å². The van der Waals surface area contributed by atoms with E-state index >= 15 is 0 Å². The highest BCUT2D eigenvalue weighted by atomic mass is 16.6. The number of nitro benzene ring substituents is 1. The summed E-state index contributed by atoms with van der Waals surface area (Å²) in [4.78, 5) is 23.6. The Balaban J connectivity index is 1.89. The molecule has 154 valence electrons. The Bertz CT molecular complexity index is 1020. The topological polar surface area (TPSA) is 92.9 Å². The first-order valence-corrected chi connectivity index (χ1v) is 9.37. The molecule has 0 heterocycles. The number of hydrogen-bond acceptors (Lipinski definition) is 5. The Morgan fingerprint density at radius 1 is 0.967 bits per heavy atom. The Morgan fingerprint density at radius 2 is 1.60 bits per heavy atom. The number of nitrogens with zero attached hydrogens (tertiary/aromatic N) is 2. The number of nitro groups is 1. The smallest absolute Gasteiger partial charge is 0.307 e. The van der Waals surface area contributed by atoms with Gasteiger partial charge in [-0.05, 0) is 29.3 Å². The van der Waals surface area contributed by atoms with E-state index in [-0.39, 0.29) is 12.1 Å². The third-order valence-electron chi connectivity index (χ3n) is 4.73. The Hall–Kier alpha value is -3.87. The summed E-state index contributed by atoms with van der Waals surface area (Å²) >= 11 is 0. The maximum atomic E-state index is 10.9. The van der Waals surface area contributed by atoms with Crippen LogP contribution in [0.3, 0.4) is 0 Å². The molecule has 0 bridgehead atoms. The van der Waals surface area contributed by atoms with Crippen LogP contribution in [-0.4, -0.2) is 23.1 Å². The van der Waals surface area contributed by atoms with Gasteiger partial charge in [0.15, 0.2) is 0 Å². The van der Waals surface area contributed by atoms with Gasteiger partial charge in [0.25, 0.3) is 5.69 Å². The minimum absolute atomic E-state index is 0.0326. The van der Waals surface area contributed by atoms with E-state index in [0.29, 0.717) is 13.1 Å². The third kappa shape index (κ3) is 5.35. The van der Waals surface area contributed by atoms with Crippen molar-refractivity contribution in [2.24, 2.45) is 0 Å². The molecule has 30 heavy (non-hydrogen) atoms. The van der Waals surface area contributed by atoms with Gasteiger partial charge in [0.1, 0.15) is 5.75 Å². The van der Waals surface area contributed by atoms with Gasteiger partial charge in [-0.25, -0.2) is 0 Å². The van der Waals surface area contributed by atoms with Gasteiger partial charge >= 0.3 is 5.97 Å². The zero-order valence-electron chi connectivity index (χ0n) is 16.5. The summed E-state index contributed by atoms with van der Waals surface area (Å²) in [7, 11) is 1.63. The van der Waals surface area contributed by atoms with Crippen molar-refractivity contribution < 1.29 is 19.6 Å². The normalized spacial score (nSPS) is 10.4. The number of rotatable bonds is 9. The fraction of sp³-hybridized carbons (Fsp3) is 0.174. The number of non-ortho nitro benzene ring substituents is 1. The van der Waals surface area contributed by atoms with Crippen LogP contribution in [0, 0.1) is 10.1 Å². The number of carboxylic acid groups (broad SMARTS) is 1. The van der Waals surface area contributed by atoms with Gasteiger partial charge in [-0.15, -0.1) is 0 Å². The summed E-state index contributed by atoms with van der Waals surface area (Å²) in [6.07, 6.45) is -0.0326. The number of para-hydroxylation sites is 1. The van der Waals surface area contributed by atoms with E-state index in [4.69, 9.17) is 9.84 Å². The van der Waals surface area contributed by atoms with Crippen LogP contribution >= 0.6 is 0 Å². The lowest BCUT2D eigenvalue weighted by Gasteiger charge is -2.26. The zero-order chi connectivity index (χ0) is 21.5. The molecule has 3 aromatic carbocycles. The molecule has 0 aliphatic carbocycles. The second-order valence-corrected chi connectivity index (χ2v) is 6.83. The van der Waals surface area contributed by atoms with Crippen molar-refractivity contribution in [3.8, 4) is 5.75 Å². The predicted molar refractivity (Wildman–Crippen MR) is 114 cm³/mol. The molecule has 0 aromatic heterocycles. The van der Waals surface area contributed by atoms with Crippen LogP contribution in [0.1, 0.15) is 16.7 Å². The molecule has 7 nitrogen and oxygen atoms in total. The number of anilines is 1. The molecule has 0 amide bonds. The molecular formula is C23H22N2O5. The number of carbonyl (C=O) groups is 1. The molecule has 7 heteroatoms. The first-order valence-electron chi connectivity index (χ1n) is 9.37. The van der Waals surface area contributed by atoms with E-state index < -0.39 is 10.9 Å². The molecule has 0 atom stereocenters. The number of ether oxygens (including phenoxy) is 1. The summed E-state index contributed by atoms with van der Waals surface area (Å²) in [5, 5.41) is 19.9. The molecule has 0 unspecified atom stereocenters. The second kappa shape index (κ2) is 9.56. The number of hydrogen-bond donors (Lipinski definition) is 1. The van der Waals surface area contributed by atoms with E-state index in [1.807, 2.05) is 36.4 Å². The van der Waals surface area contributed by atoms with Crippen molar-refractivity contribution in [3.63, 3.8) is 0 Å². The molecule has 3 aromatic rings. The first kappa shape index (κ1) is 20.9. The van der Waals surface area contributed by atoms with Crippen LogP contribution in [0.15, 0.2) is 72.8 Å². The molecule has 0 saturated heterocycles. The summed E-state index contributed by atoms with van der Waals surface area (Å²) in [6, 6.07) is 21.6. The van der Waals surface area contributed by atoms with Gasteiger partial charge in [-0.3, -0.25) is 14.9 Å². The molecule has 3 rings (SSSR count). The van der Waals surface area contributed by atoms with Crippen molar-refractivity contribution in [1.82, 2.24) is 0 Å². The molecule has 0 saturated carbocycles. The molecule has 0 spiro atoms. The number of carboxylic acids is 1. The van der Waals surface area contributed by atoms with Gasteiger partial charge in [-0.2, -0.15) is 0 Å². The quantitative estimate of drug-likeness (QED) is 0.417. The Kier molecular flexibility index (Phi) is 6.64. The highest BCUT2D eigenvalue weighted by Gasteiger charge is 2.13. The lowest BCUT2D eigenvalue weighted by atomic mass is 10.1. The summed E-state index contributed by atoms with van der Waals surface area (Å²) in [5.41, 5.74) is 3.60. The van der Waals surface area contributed by atoms with Crippen LogP contribution in [0.5, 0.6) is 5.75 Å². The minimum atomic E-state index is -0.875. The average Bonchev–Trinajstić information content (AvgIpc) is 2.74. The molecule has 0 radical (unpaired) electrons. The number of benzene rings is 3. The molecule has 0 aliphatic heterocycles. The largest absolute Gasteiger partial charge is 0.496 e. The van der Waals surface area contributed by atoms with Gasteiger partial charge in [-0.1, -0.05) is 42.5 Å². The summed E-state index contributed by atoms with van der Waals surface area (Å²) in [6.45, 7) is 1.08. The van der Waals surface area contributed by atoms with E-state index in [1.54, 1.807) is 31.4 Å². The van der Waals surface area contributed by atoms with Crippen LogP contribution in [0.4, 0.5) is 11.4 Å². The van der Waals surface area contributed by atoms with Crippen molar-refractivity contribution in [2.45, 2.75) is 19.5 Å². The summed E-state index contributed by atoms with van der Waals surface area (Å²) < 4.78 is 5.47. The molecule has 0 fully saturated rings. The second-order valence-electron chi connectivity index (χ2n) is 6.83. The van der Waals surface area contributed by atoms with Gasteiger partial charge in [0, 0.05) is 36.5 Å². The molecule has 1 N–H and O–H groups in total. The van der Waals surface area contributed by atoms with Gasteiger partial charge in [0.2, 0.25) is 0 Å². The van der Waals surface area contributed by atoms with Crippen LogP contribution in [-0.2, 0) is 24.3 Å². The maximum Gasteiger partial charge on any atom is 0.307 e. The third-order valence-corrected chi connectivity index (χ3v) is 4.73. The van der Waals surface area contributed by atoms with E-state index in [0.717, 1.165) is 28.1 Å². The van der Waals surface area contributed by atoms with Gasteiger partial charge in [0.05, 0.1) is 18.5 Å². The SMILES string of the molecule is COc1ccccc1CN(Cc1ccc([N+](=O)[O-])cc1)c1ccc(CC(=O)O)cc1. The predicted octanol–water partition coefficient (Wildman–Crippen LogP) is 4.44. The van der Waals surface area contributed by atoms with Crippen molar-refractivity contribution in [3.05, 3.63) is 99.6 Å². The lowest BCUT2D eigenvalue weighted by Crippen LogP contribution is -2.22. The van der Waals surface area contributed by atoms with E-state index in [9.17, 15) is 14.9 Å².